The van der Waals surface area contributed by atoms with Crippen LogP contribution in [0.2, 0.25) is 0 Å². The molecule has 1 fully saturated rings. The number of ether oxygens (including phenoxy) is 1. The van der Waals surface area contributed by atoms with Gasteiger partial charge >= 0.3 is 5.97 Å². The molecule has 52 heavy (non-hydrogen) atoms. The van der Waals surface area contributed by atoms with E-state index in [2.05, 4.69) is 42.9 Å². The maximum absolute atomic E-state index is 14.1. The van der Waals surface area contributed by atoms with Gasteiger partial charge in [0.05, 0.1) is 23.6 Å². The molecule has 1 aliphatic rings. The number of hydrogen-bond acceptors (Lipinski definition) is 10. The van der Waals surface area contributed by atoms with E-state index in [0.717, 1.165) is 42.8 Å². The molecular weight excluding hydrogens is 681 g/mol. The molecule has 7 atom stereocenters. The molecule has 11 nitrogen and oxygen atoms in total. The van der Waals surface area contributed by atoms with E-state index >= 15 is 0 Å². The average molecular weight is 743 g/mol. The van der Waals surface area contributed by atoms with Crippen molar-refractivity contribution in [3.05, 3.63) is 52.0 Å². The van der Waals surface area contributed by atoms with Gasteiger partial charge in [-0.25, -0.2) is 4.98 Å². The number of nitrogens with one attached hydrogen (secondary N) is 1. The lowest BCUT2D eigenvalue weighted by atomic mass is 9.83. The molecule has 1 unspecified atom stereocenters. The lowest BCUT2D eigenvalue weighted by Crippen LogP contribution is -2.47. The molecular formula is C40H62N4O7S. The third kappa shape index (κ3) is 13.0. The number of esters is 1. The molecule has 0 saturated carbocycles. The fourth-order valence-electron chi connectivity index (χ4n) is 7.10. The standard InChI is InChI=1S/C40H62N4O7S/c1-8-27(4)32(22-36(47)35-16-12-13-19-43(35)6)39(49)44(7)34(26(2)3)17-18-37-42-33(25-52-37)38(48)41-30(21-29-14-10-9-11-15-29)20-28(5)40(50)51-24-31(46)23-45/h9-11,14-15,25-28,30-32,34-35,45-46H,8,12-13,16-24H2,1-7H3,(H,41,48)/t27-,28-,30+,31?,32-,34+,35+/m0/s1. The van der Waals surface area contributed by atoms with E-state index in [1.807, 2.05) is 49.3 Å². The van der Waals surface area contributed by atoms with Crippen LogP contribution < -0.4 is 5.32 Å². The van der Waals surface area contributed by atoms with Gasteiger partial charge in [-0.15, -0.1) is 11.3 Å². The number of nitrogens with zero attached hydrogens (tertiary/aromatic N) is 3. The highest BCUT2D eigenvalue weighted by Crippen LogP contribution is 2.28. The van der Waals surface area contributed by atoms with Crippen LogP contribution in [0.15, 0.2) is 35.7 Å². The van der Waals surface area contributed by atoms with Gasteiger partial charge < -0.3 is 25.2 Å². The smallest absolute Gasteiger partial charge is 0.308 e. The first-order valence-corrected chi connectivity index (χ1v) is 19.9. The number of aromatic nitrogens is 1. The number of amides is 2. The molecule has 0 aliphatic carbocycles. The molecule has 0 radical (unpaired) electrons. The van der Waals surface area contributed by atoms with Crippen molar-refractivity contribution in [3.63, 3.8) is 0 Å². The van der Waals surface area contributed by atoms with Crippen LogP contribution in [0.25, 0.3) is 0 Å². The van der Waals surface area contributed by atoms with Crippen LogP contribution in [0.1, 0.15) is 101 Å². The minimum absolute atomic E-state index is 0.0196. The molecule has 1 aliphatic heterocycles. The number of ketones is 1. The van der Waals surface area contributed by atoms with Gasteiger partial charge in [0.15, 0.2) is 5.78 Å². The second kappa shape index (κ2) is 21.5. The van der Waals surface area contributed by atoms with Crippen LogP contribution in [-0.2, 0) is 32.0 Å². The first-order chi connectivity index (χ1) is 24.7. The Bertz CT molecular complexity index is 1420. The van der Waals surface area contributed by atoms with E-state index in [0.29, 0.717) is 31.4 Å². The van der Waals surface area contributed by atoms with E-state index in [-0.39, 0.29) is 66.5 Å². The zero-order valence-electron chi connectivity index (χ0n) is 32.3. The maximum Gasteiger partial charge on any atom is 0.308 e. The van der Waals surface area contributed by atoms with Gasteiger partial charge in [0.1, 0.15) is 18.4 Å². The number of piperidine rings is 1. The van der Waals surface area contributed by atoms with Crippen molar-refractivity contribution in [2.75, 3.05) is 33.9 Å². The molecule has 3 N–H and O–H groups in total. The fourth-order valence-corrected chi connectivity index (χ4v) is 7.89. The van der Waals surface area contributed by atoms with E-state index in [1.165, 1.54) is 11.3 Å². The molecule has 3 rings (SSSR count). The summed E-state index contributed by atoms with van der Waals surface area (Å²) in [5.74, 6) is -1.34. The number of aryl methyl sites for hydroxylation is 1. The Morgan fingerprint density at radius 3 is 2.46 bits per heavy atom. The van der Waals surface area contributed by atoms with Crippen molar-refractivity contribution in [3.8, 4) is 0 Å². The van der Waals surface area contributed by atoms with Crippen molar-refractivity contribution in [1.82, 2.24) is 20.1 Å². The van der Waals surface area contributed by atoms with E-state index in [9.17, 15) is 24.3 Å². The number of Topliss-reactive ketones (excluding diaryl/α,β-unsaturated/α-hetero) is 1. The van der Waals surface area contributed by atoms with Crippen LogP contribution in [0.4, 0.5) is 0 Å². The number of aliphatic hydroxyl groups is 2. The zero-order chi connectivity index (χ0) is 38.4. The summed E-state index contributed by atoms with van der Waals surface area (Å²) < 4.78 is 5.16. The molecule has 0 bridgehead atoms. The first kappa shape index (κ1) is 43.2. The Morgan fingerprint density at radius 2 is 1.83 bits per heavy atom. The Hall–Kier alpha value is -3.19. The summed E-state index contributed by atoms with van der Waals surface area (Å²) in [6, 6.07) is 9.12. The highest BCUT2D eigenvalue weighted by molar-refractivity contribution is 7.09. The normalized spacial score (nSPS) is 18.5. The Kier molecular flexibility index (Phi) is 17.9. The highest BCUT2D eigenvalue weighted by atomic mass is 32.1. The molecule has 2 aromatic rings. The van der Waals surface area contributed by atoms with Gasteiger partial charge in [-0.05, 0) is 63.1 Å². The number of carbonyl (C=O) groups is 4. The fraction of sp³-hybridized carbons (Fsp3) is 0.675. The molecule has 2 heterocycles. The Balaban J connectivity index is 1.66. The van der Waals surface area contributed by atoms with Crippen LogP contribution in [-0.4, -0.2) is 107 Å². The van der Waals surface area contributed by atoms with Crippen LogP contribution in [0.3, 0.4) is 0 Å². The molecule has 1 aromatic heterocycles. The van der Waals surface area contributed by atoms with E-state index < -0.39 is 24.6 Å². The number of likely N-dealkylation sites (N-methyl/N-ethyl adjacent to an activating group) is 1. The van der Waals surface area contributed by atoms with Crippen molar-refractivity contribution >= 4 is 34.9 Å². The maximum atomic E-state index is 14.1. The highest BCUT2D eigenvalue weighted by Gasteiger charge is 2.36. The van der Waals surface area contributed by atoms with Crippen LogP contribution in [0.5, 0.6) is 0 Å². The topological polar surface area (TPSA) is 149 Å². The number of benzene rings is 1. The summed E-state index contributed by atoms with van der Waals surface area (Å²) in [4.78, 5) is 62.3. The zero-order valence-corrected chi connectivity index (χ0v) is 33.1. The number of likely N-dealkylation sites (tertiary alicyclic amines) is 1. The lowest BCUT2D eigenvalue weighted by Gasteiger charge is -2.37. The second-order valence-electron chi connectivity index (χ2n) is 15.0. The third-order valence-electron chi connectivity index (χ3n) is 10.6. The molecule has 12 heteroatoms. The molecule has 2 amide bonds. The predicted molar refractivity (Wildman–Crippen MR) is 204 cm³/mol. The van der Waals surface area contributed by atoms with Crippen molar-refractivity contribution in [1.29, 1.82) is 0 Å². The minimum Gasteiger partial charge on any atom is -0.463 e. The number of hydrogen-bond donors (Lipinski definition) is 3. The predicted octanol–water partition coefficient (Wildman–Crippen LogP) is 4.93. The Morgan fingerprint density at radius 1 is 1.12 bits per heavy atom. The van der Waals surface area contributed by atoms with Crippen molar-refractivity contribution in [2.24, 2.45) is 23.7 Å². The average Bonchev–Trinajstić information content (AvgIpc) is 3.61. The van der Waals surface area contributed by atoms with Crippen LogP contribution in [0, 0.1) is 23.7 Å². The Labute approximate surface area is 314 Å². The summed E-state index contributed by atoms with van der Waals surface area (Å²) in [6.45, 7) is 10.2. The van der Waals surface area contributed by atoms with Gasteiger partial charge in [0.25, 0.3) is 5.91 Å². The molecule has 0 spiro atoms. The van der Waals surface area contributed by atoms with Crippen molar-refractivity contribution in [2.45, 2.75) is 117 Å². The molecule has 1 aromatic carbocycles. The quantitative estimate of drug-likeness (QED) is 0.152. The third-order valence-corrected chi connectivity index (χ3v) is 11.5. The number of carbonyl (C=O) groups excluding carboxylic acids is 4. The SMILES string of the molecule is CC[C@H](C)[C@H](CC(=O)[C@H]1CCCCN1C)C(=O)N(C)[C@H](CCc1nc(C(=O)N[C@@H](Cc2ccccc2)C[C@H](C)C(=O)OCC(O)CO)cs1)C(C)C. The molecule has 1 saturated heterocycles. The summed E-state index contributed by atoms with van der Waals surface area (Å²) in [6.07, 6.45) is 5.01. The molecule has 290 valence electrons. The summed E-state index contributed by atoms with van der Waals surface area (Å²) in [5, 5.41) is 24.2. The van der Waals surface area contributed by atoms with Gasteiger partial charge in [0, 0.05) is 43.3 Å². The summed E-state index contributed by atoms with van der Waals surface area (Å²) in [5.41, 5.74) is 1.30. The largest absolute Gasteiger partial charge is 0.463 e. The minimum atomic E-state index is -1.14. The summed E-state index contributed by atoms with van der Waals surface area (Å²) in [7, 11) is 3.87. The number of thiazole rings is 1. The van der Waals surface area contributed by atoms with Crippen molar-refractivity contribution < 1.29 is 34.1 Å². The lowest BCUT2D eigenvalue weighted by molar-refractivity contribution is -0.152. The monoisotopic (exact) mass is 742 g/mol. The van der Waals surface area contributed by atoms with Gasteiger partial charge in [-0.2, -0.15) is 0 Å². The van der Waals surface area contributed by atoms with Crippen LogP contribution >= 0.6 is 11.3 Å². The first-order valence-electron chi connectivity index (χ1n) is 19.0. The van der Waals surface area contributed by atoms with E-state index in [4.69, 9.17) is 9.84 Å². The summed E-state index contributed by atoms with van der Waals surface area (Å²) >= 11 is 1.41. The van der Waals surface area contributed by atoms with Gasteiger partial charge in [0.2, 0.25) is 5.91 Å². The number of rotatable bonds is 21. The second-order valence-corrected chi connectivity index (χ2v) is 16.0. The van der Waals surface area contributed by atoms with E-state index in [1.54, 1.807) is 12.3 Å². The van der Waals surface area contributed by atoms with Gasteiger partial charge in [-0.3, -0.25) is 24.1 Å². The number of aliphatic hydroxyl groups excluding tert-OH is 2. The van der Waals surface area contributed by atoms with Gasteiger partial charge in [-0.1, -0.05) is 77.8 Å².